The van der Waals surface area contributed by atoms with Crippen LogP contribution in [0.3, 0.4) is 0 Å². The molecule has 1 fully saturated rings. The van der Waals surface area contributed by atoms with Gasteiger partial charge in [0, 0.05) is 25.3 Å². The first-order valence-corrected chi connectivity index (χ1v) is 10.4. The van der Waals surface area contributed by atoms with E-state index in [2.05, 4.69) is 31.7 Å². The molecule has 4 aromatic rings. The molecule has 7 heteroatoms. The lowest BCUT2D eigenvalue weighted by Crippen LogP contribution is -2.39. The number of rotatable bonds is 3. The zero-order chi connectivity index (χ0) is 21.4. The first-order valence-electron chi connectivity index (χ1n) is 10.4. The van der Waals surface area contributed by atoms with Crippen LogP contribution in [0.2, 0.25) is 0 Å². The number of benzene rings is 1. The number of nitrogens with one attached hydrogen (secondary N) is 1. The largest absolute Gasteiger partial charge is 0.368 e. The van der Waals surface area contributed by atoms with Crippen molar-refractivity contribution in [2.75, 3.05) is 23.3 Å². The van der Waals surface area contributed by atoms with E-state index >= 15 is 0 Å². The molecule has 3 aromatic heterocycles. The fourth-order valence-corrected chi connectivity index (χ4v) is 4.30. The molecule has 0 atom stereocenters. The van der Waals surface area contributed by atoms with Crippen molar-refractivity contribution in [3.05, 3.63) is 65.4 Å². The Morgan fingerprint density at radius 3 is 2.58 bits per heavy atom. The predicted octanol–water partition coefficient (Wildman–Crippen LogP) is 4.02. The maximum atomic E-state index is 9.67. The van der Waals surface area contributed by atoms with Gasteiger partial charge >= 0.3 is 0 Å². The maximum Gasteiger partial charge on any atom is 0.157 e. The van der Waals surface area contributed by atoms with Crippen LogP contribution in [-0.4, -0.2) is 33.5 Å². The minimum Gasteiger partial charge on any atom is -0.368 e. The molecule has 1 aromatic carbocycles. The van der Waals surface area contributed by atoms with Crippen molar-refractivity contribution < 1.29 is 0 Å². The summed E-state index contributed by atoms with van der Waals surface area (Å²) < 4.78 is 2.06. The molecule has 0 radical (unpaired) electrons. The number of hydrogen-bond acceptors (Lipinski definition) is 6. The Labute approximate surface area is 180 Å². The number of nitrogens with zero attached hydrogens (tertiary/aromatic N) is 6. The van der Waals surface area contributed by atoms with Gasteiger partial charge in [0.2, 0.25) is 0 Å². The summed E-state index contributed by atoms with van der Waals surface area (Å²) in [5, 5.41) is 22.3. The summed E-state index contributed by atoms with van der Waals surface area (Å²) in [6.45, 7) is 3.74. The number of nitriles is 2. The summed E-state index contributed by atoms with van der Waals surface area (Å²) in [7, 11) is 0. The standard InChI is InChI=1S/C24H21N7/c1-16-12-23(31-21-5-3-2-4-20(21)29-24(31)19(16)14-26)28-18-8-10-30(11-9-18)22-7-6-17(13-25)15-27-22/h2-7,12,15,18,28H,8-11H2,1H3. The van der Waals surface area contributed by atoms with Gasteiger partial charge in [-0.3, -0.25) is 4.40 Å². The average Bonchev–Trinajstić information content (AvgIpc) is 3.19. The Balaban J connectivity index is 1.41. The van der Waals surface area contributed by atoms with E-state index in [1.54, 1.807) is 6.20 Å². The van der Waals surface area contributed by atoms with E-state index in [-0.39, 0.29) is 0 Å². The van der Waals surface area contributed by atoms with E-state index in [1.807, 2.05) is 49.4 Å². The third-order valence-corrected chi connectivity index (χ3v) is 5.93. The van der Waals surface area contributed by atoms with Gasteiger partial charge in [-0.2, -0.15) is 10.5 Å². The normalized spacial score (nSPS) is 14.5. The molecule has 152 valence electrons. The second-order valence-corrected chi connectivity index (χ2v) is 7.88. The van der Waals surface area contributed by atoms with Gasteiger partial charge in [0.25, 0.3) is 0 Å². The van der Waals surface area contributed by atoms with Gasteiger partial charge in [-0.25, -0.2) is 9.97 Å². The quantitative estimate of drug-likeness (QED) is 0.551. The molecule has 4 heterocycles. The second-order valence-electron chi connectivity index (χ2n) is 7.88. The lowest BCUT2D eigenvalue weighted by atomic mass is 10.0. The van der Waals surface area contributed by atoms with Crippen molar-refractivity contribution in [2.45, 2.75) is 25.8 Å². The fraction of sp³-hybridized carbons (Fsp3) is 0.250. The van der Waals surface area contributed by atoms with E-state index < -0.39 is 0 Å². The minimum atomic E-state index is 0.311. The Hall–Kier alpha value is -4.10. The summed E-state index contributed by atoms with van der Waals surface area (Å²) in [5.41, 5.74) is 4.69. The van der Waals surface area contributed by atoms with Crippen molar-refractivity contribution in [3.8, 4) is 12.1 Å². The number of anilines is 2. The molecule has 7 nitrogen and oxygen atoms in total. The van der Waals surface area contributed by atoms with Crippen molar-refractivity contribution in [1.29, 1.82) is 10.5 Å². The highest BCUT2D eigenvalue weighted by atomic mass is 15.2. The summed E-state index contributed by atoms with van der Waals surface area (Å²) in [6.07, 6.45) is 3.56. The topological polar surface area (TPSA) is 93.0 Å². The summed E-state index contributed by atoms with van der Waals surface area (Å²) in [4.78, 5) is 11.4. The molecule has 0 amide bonds. The molecule has 5 rings (SSSR count). The van der Waals surface area contributed by atoms with E-state index in [0.717, 1.165) is 54.2 Å². The number of piperidine rings is 1. The molecule has 0 saturated carbocycles. The highest BCUT2D eigenvalue weighted by molar-refractivity contribution is 5.85. The van der Waals surface area contributed by atoms with Crippen LogP contribution in [0.1, 0.15) is 29.5 Å². The number of para-hydroxylation sites is 2. The van der Waals surface area contributed by atoms with Crippen LogP contribution >= 0.6 is 0 Å². The molecule has 31 heavy (non-hydrogen) atoms. The number of aryl methyl sites for hydroxylation is 1. The van der Waals surface area contributed by atoms with Crippen LogP contribution in [-0.2, 0) is 0 Å². The number of imidazole rings is 1. The summed E-state index contributed by atoms with van der Waals surface area (Å²) in [6, 6.07) is 18.5. The van der Waals surface area contributed by atoms with E-state index in [9.17, 15) is 5.26 Å². The Kier molecular flexibility index (Phi) is 4.65. The maximum absolute atomic E-state index is 9.67. The lowest BCUT2D eigenvalue weighted by Gasteiger charge is -2.33. The SMILES string of the molecule is Cc1cc(NC2CCN(c3ccc(C#N)cn3)CC2)n2c(nc3ccccc32)c1C#N. The van der Waals surface area contributed by atoms with E-state index in [0.29, 0.717) is 22.8 Å². The smallest absolute Gasteiger partial charge is 0.157 e. The molecule has 1 saturated heterocycles. The van der Waals surface area contributed by atoms with Crippen LogP contribution in [0, 0.1) is 29.6 Å². The van der Waals surface area contributed by atoms with Crippen molar-refractivity contribution >= 4 is 28.3 Å². The van der Waals surface area contributed by atoms with Gasteiger partial charge in [-0.1, -0.05) is 12.1 Å². The highest BCUT2D eigenvalue weighted by Gasteiger charge is 2.22. The first kappa shape index (κ1) is 18.9. The molecular weight excluding hydrogens is 386 g/mol. The third-order valence-electron chi connectivity index (χ3n) is 5.93. The Morgan fingerprint density at radius 1 is 1.06 bits per heavy atom. The van der Waals surface area contributed by atoms with Crippen LogP contribution < -0.4 is 10.2 Å². The van der Waals surface area contributed by atoms with Crippen LogP contribution in [0.4, 0.5) is 11.6 Å². The molecule has 0 bridgehead atoms. The third kappa shape index (κ3) is 3.31. The van der Waals surface area contributed by atoms with Gasteiger partial charge in [-0.05, 0) is 55.7 Å². The molecule has 1 N–H and O–H groups in total. The molecular formula is C24H21N7. The molecule has 0 spiro atoms. The minimum absolute atomic E-state index is 0.311. The van der Waals surface area contributed by atoms with E-state index in [4.69, 9.17) is 10.2 Å². The summed E-state index contributed by atoms with van der Waals surface area (Å²) >= 11 is 0. The monoisotopic (exact) mass is 407 g/mol. The lowest BCUT2D eigenvalue weighted by molar-refractivity contribution is 0.522. The van der Waals surface area contributed by atoms with E-state index in [1.165, 1.54) is 0 Å². The van der Waals surface area contributed by atoms with Crippen LogP contribution in [0.15, 0.2) is 48.7 Å². The predicted molar refractivity (Wildman–Crippen MR) is 120 cm³/mol. The Bertz CT molecular complexity index is 1350. The molecule has 0 unspecified atom stereocenters. The Morgan fingerprint density at radius 2 is 1.87 bits per heavy atom. The molecule has 1 aliphatic heterocycles. The zero-order valence-electron chi connectivity index (χ0n) is 17.2. The molecule has 0 aliphatic carbocycles. The van der Waals surface area contributed by atoms with Crippen molar-refractivity contribution in [2.24, 2.45) is 0 Å². The van der Waals surface area contributed by atoms with Gasteiger partial charge in [0.05, 0.1) is 22.2 Å². The zero-order valence-corrected chi connectivity index (χ0v) is 17.2. The van der Waals surface area contributed by atoms with Gasteiger partial charge < -0.3 is 10.2 Å². The fourth-order valence-electron chi connectivity index (χ4n) is 4.30. The first-order chi connectivity index (χ1) is 15.2. The van der Waals surface area contributed by atoms with Crippen molar-refractivity contribution in [1.82, 2.24) is 14.4 Å². The average molecular weight is 407 g/mol. The van der Waals surface area contributed by atoms with Gasteiger partial charge in [0.1, 0.15) is 23.8 Å². The van der Waals surface area contributed by atoms with Crippen LogP contribution in [0.5, 0.6) is 0 Å². The van der Waals surface area contributed by atoms with Gasteiger partial charge in [-0.15, -0.1) is 0 Å². The highest BCUT2D eigenvalue weighted by Crippen LogP contribution is 2.28. The summed E-state index contributed by atoms with van der Waals surface area (Å²) in [5.74, 6) is 1.88. The number of aromatic nitrogens is 3. The number of pyridine rings is 2. The number of fused-ring (bicyclic) bond motifs is 3. The number of hydrogen-bond donors (Lipinski definition) is 1. The van der Waals surface area contributed by atoms with Crippen LogP contribution in [0.25, 0.3) is 16.7 Å². The van der Waals surface area contributed by atoms with Gasteiger partial charge in [0.15, 0.2) is 5.65 Å². The second kappa shape index (κ2) is 7.62. The van der Waals surface area contributed by atoms with Crippen molar-refractivity contribution in [3.63, 3.8) is 0 Å². The molecule has 1 aliphatic rings.